The minimum absolute atomic E-state index is 0.0302. The summed E-state index contributed by atoms with van der Waals surface area (Å²) in [5, 5.41) is 0.714. The smallest absolute Gasteiger partial charge is 0.420 e. The van der Waals surface area contributed by atoms with Crippen molar-refractivity contribution in [3.05, 3.63) is 53.1 Å². The Morgan fingerprint density at radius 3 is 2.37 bits per heavy atom. The molecule has 2 amide bonds. The highest BCUT2D eigenvalue weighted by atomic mass is 35.5. The second-order valence-electron chi connectivity index (χ2n) is 8.65. The molecule has 0 aromatic heterocycles. The number of anilines is 2. The van der Waals surface area contributed by atoms with Gasteiger partial charge >= 0.3 is 6.09 Å². The minimum atomic E-state index is -3.99. The van der Waals surface area contributed by atoms with E-state index in [9.17, 15) is 18.0 Å². The first-order chi connectivity index (χ1) is 16.7. The van der Waals surface area contributed by atoms with Gasteiger partial charge in [-0.15, -0.1) is 0 Å². The Kier molecular flexibility index (Phi) is 7.42. The van der Waals surface area contributed by atoms with E-state index in [1.54, 1.807) is 12.1 Å². The fourth-order valence-electron chi connectivity index (χ4n) is 4.63. The Bertz CT molecular complexity index is 1200. The molecule has 2 aromatic carbocycles. The van der Waals surface area contributed by atoms with Gasteiger partial charge in [-0.2, -0.15) is 0 Å². The highest BCUT2D eigenvalue weighted by Gasteiger charge is 2.31. The molecule has 9 nitrogen and oxygen atoms in total. The Balaban J connectivity index is 1.37. The van der Waals surface area contributed by atoms with Crippen molar-refractivity contribution in [1.82, 2.24) is 9.62 Å². The largest absolute Gasteiger partial charge is 0.452 e. The summed E-state index contributed by atoms with van der Waals surface area (Å²) in [7, 11) is -2.89. The number of hydrogen-bond acceptors (Lipinski definition) is 7. The quantitative estimate of drug-likeness (QED) is 0.647. The van der Waals surface area contributed by atoms with Crippen LogP contribution in [0.3, 0.4) is 0 Å². The van der Waals surface area contributed by atoms with E-state index in [-0.39, 0.29) is 16.8 Å². The summed E-state index contributed by atoms with van der Waals surface area (Å²) in [6.45, 7) is 5.22. The fourth-order valence-corrected chi connectivity index (χ4v) is 5.74. The van der Waals surface area contributed by atoms with Crippen LogP contribution >= 0.6 is 11.6 Å². The Labute approximate surface area is 210 Å². The molecule has 2 heterocycles. The number of sulfonamides is 1. The third kappa shape index (κ3) is 5.48. The summed E-state index contributed by atoms with van der Waals surface area (Å²) in [5.74, 6) is 0.0998. The predicted octanol–water partition coefficient (Wildman–Crippen LogP) is 2.87. The van der Waals surface area contributed by atoms with Gasteiger partial charge < -0.3 is 19.4 Å². The zero-order chi connectivity index (χ0) is 25.2. The highest BCUT2D eigenvalue weighted by molar-refractivity contribution is 7.90. The molecule has 0 spiro atoms. The van der Waals surface area contributed by atoms with Crippen LogP contribution in [0.1, 0.15) is 18.9 Å². The lowest BCUT2D eigenvalue weighted by molar-refractivity contribution is -0.132. The molecule has 2 aliphatic rings. The number of halogens is 1. The number of carbonyl (C=O) groups is 2. The number of ether oxygens (including phenoxy) is 1. The van der Waals surface area contributed by atoms with E-state index in [0.717, 1.165) is 37.9 Å². The summed E-state index contributed by atoms with van der Waals surface area (Å²) in [5.41, 5.74) is 3.11. The standard InChI is InChI=1S/C24H29ClN4O5S/c1-17(29-11-3-4-18-16-19(25)5-10-22(18)29)23(30)28-14-12-27(13-15-28)20-6-8-21(9-7-20)35(32,33)26-24(31)34-2/h5-10,16-17H,3-4,11-15H2,1-2H3,(H,26,31)/t17-/m0/s1. The van der Waals surface area contributed by atoms with Crippen LogP contribution in [0.4, 0.5) is 16.2 Å². The van der Waals surface area contributed by atoms with Crippen molar-refractivity contribution in [2.24, 2.45) is 0 Å². The third-order valence-corrected chi connectivity index (χ3v) is 8.09. The molecule has 1 atom stereocenters. The summed E-state index contributed by atoms with van der Waals surface area (Å²) < 4.78 is 30.6. The van der Waals surface area contributed by atoms with Crippen LogP contribution in [0, 0.1) is 0 Å². The minimum Gasteiger partial charge on any atom is -0.452 e. The van der Waals surface area contributed by atoms with E-state index in [1.807, 2.05) is 34.7 Å². The van der Waals surface area contributed by atoms with E-state index in [0.29, 0.717) is 31.2 Å². The molecule has 4 rings (SSSR count). The van der Waals surface area contributed by atoms with E-state index in [1.165, 1.54) is 17.7 Å². The van der Waals surface area contributed by atoms with Gasteiger partial charge in [0.25, 0.3) is 10.0 Å². The maximum atomic E-state index is 13.3. The molecule has 0 bridgehead atoms. The molecule has 11 heteroatoms. The van der Waals surface area contributed by atoms with Crippen LogP contribution in [0.15, 0.2) is 47.4 Å². The zero-order valence-corrected chi connectivity index (χ0v) is 21.3. The Morgan fingerprint density at radius 2 is 1.71 bits per heavy atom. The van der Waals surface area contributed by atoms with Crippen LogP contribution in [-0.4, -0.2) is 71.2 Å². The van der Waals surface area contributed by atoms with Crippen LogP contribution in [0.5, 0.6) is 0 Å². The maximum Gasteiger partial charge on any atom is 0.420 e. The van der Waals surface area contributed by atoms with Crippen molar-refractivity contribution in [1.29, 1.82) is 0 Å². The first-order valence-corrected chi connectivity index (χ1v) is 13.4. The van der Waals surface area contributed by atoms with Crippen molar-refractivity contribution < 1.29 is 22.7 Å². The van der Waals surface area contributed by atoms with Gasteiger partial charge in [0.1, 0.15) is 6.04 Å². The molecular weight excluding hydrogens is 492 g/mol. The van der Waals surface area contributed by atoms with E-state index in [2.05, 4.69) is 14.5 Å². The average molecular weight is 521 g/mol. The van der Waals surface area contributed by atoms with Crippen molar-refractivity contribution in [2.45, 2.75) is 30.7 Å². The van der Waals surface area contributed by atoms with Crippen LogP contribution in [0.2, 0.25) is 5.02 Å². The lowest BCUT2D eigenvalue weighted by Crippen LogP contribution is -2.55. The van der Waals surface area contributed by atoms with Crippen LogP contribution in [-0.2, 0) is 26.0 Å². The van der Waals surface area contributed by atoms with Gasteiger partial charge in [0.2, 0.25) is 5.91 Å². The molecule has 2 aromatic rings. The first kappa shape index (κ1) is 25.1. The summed E-state index contributed by atoms with van der Waals surface area (Å²) in [6, 6.07) is 11.9. The average Bonchev–Trinajstić information content (AvgIpc) is 2.87. The van der Waals surface area contributed by atoms with E-state index in [4.69, 9.17) is 11.6 Å². The third-order valence-electron chi connectivity index (χ3n) is 6.53. The fraction of sp³-hybridized carbons (Fsp3) is 0.417. The van der Waals surface area contributed by atoms with Gasteiger partial charge in [-0.3, -0.25) is 4.79 Å². The molecule has 1 N–H and O–H groups in total. The van der Waals surface area contributed by atoms with Crippen molar-refractivity contribution in [3.8, 4) is 0 Å². The number of amides is 2. The molecule has 1 fully saturated rings. The van der Waals surface area contributed by atoms with Gasteiger partial charge in [0, 0.05) is 49.1 Å². The molecular formula is C24H29ClN4O5S. The van der Waals surface area contributed by atoms with E-state index < -0.39 is 16.1 Å². The maximum absolute atomic E-state index is 13.3. The normalized spacial score (nSPS) is 16.9. The first-order valence-electron chi connectivity index (χ1n) is 11.5. The number of benzene rings is 2. The number of nitrogens with one attached hydrogen (secondary N) is 1. The number of aryl methyl sites for hydroxylation is 1. The summed E-state index contributed by atoms with van der Waals surface area (Å²) in [6.07, 6.45) is 0.908. The molecule has 0 radical (unpaired) electrons. The van der Waals surface area contributed by atoms with Crippen molar-refractivity contribution in [2.75, 3.05) is 49.6 Å². The predicted molar refractivity (Wildman–Crippen MR) is 135 cm³/mol. The number of carbonyl (C=O) groups excluding carboxylic acids is 2. The van der Waals surface area contributed by atoms with Crippen molar-refractivity contribution >= 4 is 45.0 Å². The molecule has 1 saturated heterocycles. The van der Waals surface area contributed by atoms with Crippen LogP contribution in [0.25, 0.3) is 0 Å². The van der Waals surface area contributed by atoms with Crippen LogP contribution < -0.4 is 14.5 Å². The Morgan fingerprint density at radius 1 is 1.03 bits per heavy atom. The molecule has 0 unspecified atom stereocenters. The van der Waals surface area contributed by atoms with E-state index >= 15 is 0 Å². The number of hydrogen-bond donors (Lipinski definition) is 1. The number of nitrogens with zero attached hydrogens (tertiary/aromatic N) is 3. The second-order valence-corrected chi connectivity index (χ2v) is 10.8. The van der Waals surface area contributed by atoms with Gasteiger partial charge in [-0.05, 0) is 67.8 Å². The lowest BCUT2D eigenvalue weighted by Gasteiger charge is -2.41. The van der Waals surface area contributed by atoms with Crippen molar-refractivity contribution in [3.63, 3.8) is 0 Å². The second kappa shape index (κ2) is 10.3. The monoisotopic (exact) mass is 520 g/mol. The molecule has 0 saturated carbocycles. The molecule has 0 aliphatic carbocycles. The van der Waals surface area contributed by atoms with Gasteiger partial charge in [-0.25, -0.2) is 17.9 Å². The van der Waals surface area contributed by atoms with Gasteiger partial charge in [0.15, 0.2) is 0 Å². The number of rotatable bonds is 5. The molecule has 35 heavy (non-hydrogen) atoms. The SMILES string of the molecule is COC(=O)NS(=O)(=O)c1ccc(N2CCN(C(=O)[C@H](C)N3CCCc4cc(Cl)ccc43)CC2)cc1. The summed E-state index contributed by atoms with van der Waals surface area (Å²) >= 11 is 6.16. The highest BCUT2D eigenvalue weighted by Crippen LogP contribution is 2.31. The zero-order valence-electron chi connectivity index (χ0n) is 19.7. The summed E-state index contributed by atoms with van der Waals surface area (Å²) in [4.78, 5) is 30.7. The Hall–Kier alpha value is -2.98. The van der Waals surface area contributed by atoms with Gasteiger partial charge in [0.05, 0.1) is 12.0 Å². The number of fused-ring (bicyclic) bond motifs is 1. The lowest BCUT2D eigenvalue weighted by atomic mass is 10.00. The molecule has 2 aliphatic heterocycles. The number of piperazine rings is 1. The number of methoxy groups -OCH3 is 1. The molecule has 188 valence electrons. The topological polar surface area (TPSA) is 99.3 Å². The van der Waals surface area contributed by atoms with Gasteiger partial charge in [-0.1, -0.05) is 11.6 Å².